The lowest BCUT2D eigenvalue weighted by Gasteiger charge is -2.18. The molecular weight excluding hydrogens is 1010 g/mol. The molecule has 1 unspecified atom stereocenters. The second-order valence-corrected chi connectivity index (χ2v) is 23.8. The molecule has 0 aromatic rings. The van der Waals surface area contributed by atoms with Crippen molar-refractivity contribution >= 4 is 17.9 Å². The summed E-state index contributed by atoms with van der Waals surface area (Å²) in [6.07, 6.45) is 93.7. The third-order valence-corrected chi connectivity index (χ3v) is 15.6. The van der Waals surface area contributed by atoms with E-state index >= 15 is 0 Å². The van der Waals surface area contributed by atoms with Crippen LogP contribution in [-0.4, -0.2) is 37.2 Å². The average Bonchev–Trinajstić information content (AvgIpc) is 3.47. The third-order valence-electron chi connectivity index (χ3n) is 15.6. The zero-order valence-corrected chi connectivity index (χ0v) is 54.5. The summed E-state index contributed by atoms with van der Waals surface area (Å²) in [4.78, 5) is 38.3. The molecule has 0 amide bonds. The van der Waals surface area contributed by atoms with Gasteiger partial charge < -0.3 is 14.2 Å². The number of rotatable bonds is 65. The van der Waals surface area contributed by atoms with E-state index in [2.05, 4.69) is 99.8 Å². The van der Waals surface area contributed by atoms with E-state index in [1.807, 2.05) is 6.08 Å². The highest BCUT2D eigenvalue weighted by molar-refractivity contribution is 5.71. The highest BCUT2D eigenvalue weighted by Crippen LogP contribution is 2.18. The minimum absolute atomic E-state index is 0.0984. The summed E-state index contributed by atoms with van der Waals surface area (Å²) < 4.78 is 16.9. The van der Waals surface area contributed by atoms with E-state index in [0.29, 0.717) is 19.3 Å². The molecule has 0 saturated heterocycles. The number of carbonyl (C=O) groups is 3. The van der Waals surface area contributed by atoms with Crippen molar-refractivity contribution < 1.29 is 28.6 Å². The first kappa shape index (κ1) is 78.6. The highest BCUT2D eigenvalue weighted by Gasteiger charge is 2.19. The van der Waals surface area contributed by atoms with E-state index in [9.17, 15) is 14.4 Å². The van der Waals surface area contributed by atoms with Crippen LogP contribution in [0.5, 0.6) is 0 Å². The summed E-state index contributed by atoms with van der Waals surface area (Å²) in [6.45, 7) is 6.48. The number of unbranched alkanes of at least 4 members (excludes halogenated alkanes) is 40. The average molecular weight is 1140 g/mol. The molecule has 0 aromatic carbocycles. The van der Waals surface area contributed by atoms with E-state index in [1.54, 1.807) is 0 Å². The molecule has 0 aliphatic heterocycles. The molecule has 0 aliphatic rings. The molecule has 0 aliphatic carbocycles. The maximum atomic E-state index is 12.9. The first-order chi connectivity index (χ1) is 40.5. The van der Waals surface area contributed by atoms with Gasteiger partial charge in [0.1, 0.15) is 13.2 Å². The zero-order chi connectivity index (χ0) is 59.2. The van der Waals surface area contributed by atoms with E-state index in [0.717, 1.165) is 83.5 Å². The molecule has 0 radical (unpaired) electrons. The zero-order valence-electron chi connectivity index (χ0n) is 54.5. The fourth-order valence-corrected chi connectivity index (χ4v) is 10.3. The van der Waals surface area contributed by atoms with Crippen molar-refractivity contribution in [3.8, 4) is 0 Å². The van der Waals surface area contributed by atoms with Gasteiger partial charge in [0.15, 0.2) is 6.10 Å². The summed E-state index contributed by atoms with van der Waals surface area (Å²) in [5.74, 6) is -0.977. The van der Waals surface area contributed by atoms with Crippen molar-refractivity contribution in [2.75, 3.05) is 13.2 Å². The van der Waals surface area contributed by atoms with Crippen LogP contribution in [-0.2, 0) is 28.6 Å². The summed E-state index contributed by atoms with van der Waals surface area (Å²) in [5, 5.41) is 0. The Morgan fingerprint density at radius 3 is 0.829 bits per heavy atom. The first-order valence-corrected chi connectivity index (χ1v) is 35.6. The van der Waals surface area contributed by atoms with Gasteiger partial charge in [-0.2, -0.15) is 0 Å². The van der Waals surface area contributed by atoms with Gasteiger partial charge in [0, 0.05) is 19.3 Å². The Hall–Kier alpha value is -3.41. The molecular formula is C76H134O6. The topological polar surface area (TPSA) is 78.9 Å². The van der Waals surface area contributed by atoms with Gasteiger partial charge in [-0.05, 0) is 103 Å². The van der Waals surface area contributed by atoms with Gasteiger partial charge >= 0.3 is 17.9 Å². The quantitative estimate of drug-likeness (QED) is 0.0261. The van der Waals surface area contributed by atoms with Crippen molar-refractivity contribution in [1.29, 1.82) is 0 Å². The summed E-state index contributed by atoms with van der Waals surface area (Å²) in [7, 11) is 0. The van der Waals surface area contributed by atoms with Crippen LogP contribution in [0.15, 0.2) is 85.1 Å². The van der Waals surface area contributed by atoms with E-state index in [1.165, 1.54) is 231 Å². The Kier molecular flexibility index (Phi) is 67.2. The molecule has 6 heteroatoms. The van der Waals surface area contributed by atoms with Gasteiger partial charge in [-0.15, -0.1) is 0 Å². The van der Waals surface area contributed by atoms with Gasteiger partial charge in [-0.25, -0.2) is 0 Å². The second kappa shape index (κ2) is 70.1. The van der Waals surface area contributed by atoms with Crippen LogP contribution >= 0.6 is 0 Å². The predicted octanol–water partition coefficient (Wildman–Crippen LogP) is 24.6. The number of hydrogen-bond donors (Lipinski definition) is 0. The molecule has 0 bridgehead atoms. The Bertz CT molecular complexity index is 1550. The molecule has 6 nitrogen and oxygen atoms in total. The van der Waals surface area contributed by atoms with Gasteiger partial charge in [0.2, 0.25) is 0 Å². The van der Waals surface area contributed by atoms with Crippen LogP contribution < -0.4 is 0 Å². The smallest absolute Gasteiger partial charge is 0.306 e. The van der Waals surface area contributed by atoms with Crippen molar-refractivity contribution in [2.45, 2.75) is 367 Å². The number of allylic oxidation sites excluding steroid dienone is 14. The van der Waals surface area contributed by atoms with Crippen molar-refractivity contribution in [2.24, 2.45) is 0 Å². The molecule has 0 rings (SSSR count). The molecule has 474 valence electrons. The Balaban J connectivity index is 4.12. The normalized spacial score (nSPS) is 12.6. The van der Waals surface area contributed by atoms with Crippen molar-refractivity contribution in [1.82, 2.24) is 0 Å². The standard InChI is InChI=1S/C76H134O6/c1-4-7-10-13-16-19-22-25-27-29-30-31-32-33-34-35-36-37-38-39-40-41-42-43-44-45-46-47-49-51-54-57-60-63-66-69-75(78)81-72-73(71-80-74(77)68-65-62-59-56-53-50-24-21-18-15-12-9-6-3)82-76(79)70-67-64-61-58-55-52-48-28-26-23-20-17-14-11-8-5-2/h9,12,18,21-22,25,28-30,48,50,53,59,62,73H,4-8,10-11,13-17,19-20,23-24,26-27,31-47,49,51-52,54-58,60-61,63-72H2,1-3H3/b12-9-,21-18-,25-22-,30-29-,48-28-,53-50-,62-59-. The van der Waals surface area contributed by atoms with Crippen LogP contribution in [0.4, 0.5) is 0 Å². The maximum absolute atomic E-state index is 12.9. The third kappa shape index (κ3) is 67.4. The minimum atomic E-state index is -0.809. The van der Waals surface area contributed by atoms with Crippen LogP contribution in [0, 0.1) is 0 Å². The fraction of sp³-hybridized carbons (Fsp3) is 0.776. The van der Waals surface area contributed by atoms with Crippen LogP contribution in [0.3, 0.4) is 0 Å². The lowest BCUT2D eigenvalue weighted by atomic mass is 10.0. The summed E-state index contributed by atoms with van der Waals surface area (Å²) in [6, 6.07) is 0. The lowest BCUT2D eigenvalue weighted by Crippen LogP contribution is -2.30. The second-order valence-electron chi connectivity index (χ2n) is 23.8. The van der Waals surface area contributed by atoms with Gasteiger partial charge in [0.05, 0.1) is 0 Å². The van der Waals surface area contributed by atoms with E-state index in [4.69, 9.17) is 14.2 Å². The van der Waals surface area contributed by atoms with Gasteiger partial charge in [0.25, 0.3) is 0 Å². The van der Waals surface area contributed by atoms with Crippen LogP contribution in [0.1, 0.15) is 361 Å². The van der Waals surface area contributed by atoms with Crippen LogP contribution in [0.2, 0.25) is 0 Å². The van der Waals surface area contributed by atoms with Gasteiger partial charge in [-0.1, -0.05) is 324 Å². The molecule has 0 spiro atoms. The van der Waals surface area contributed by atoms with Crippen molar-refractivity contribution in [3.05, 3.63) is 85.1 Å². The monoisotopic (exact) mass is 1140 g/mol. The van der Waals surface area contributed by atoms with Crippen molar-refractivity contribution in [3.63, 3.8) is 0 Å². The SMILES string of the molecule is CC/C=C\C/C=C\C/C=C\C/C=C\CCC(=O)OCC(COC(=O)CCCCCCCCCCCCCCCCCCCCCCCCC/C=C\C/C=C\CCCCCCC)OC(=O)CCCCCCC/C=C\CCCCCCCCC. The number of esters is 3. The van der Waals surface area contributed by atoms with Crippen LogP contribution in [0.25, 0.3) is 0 Å². The van der Waals surface area contributed by atoms with Gasteiger partial charge in [-0.3, -0.25) is 14.4 Å². The van der Waals surface area contributed by atoms with E-state index < -0.39 is 6.10 Å². The molecule has 0 fully saturated rings. The predicted molar refractivity (Wildman–Crippen MR) is 358 cm³/mol. The Morgan fingerprint density at radius 1 is 0.256 bits per heavy atom. The number of carbonyl (C=O) groups excluding carboxylic acids is 3. The minimum Gasteiger partial charge on any atom is -0.462 e. The maximum Gasteiger partial charge on any atom is 0.306 e. The highest BCUT2D eigenvalue weighted by atomic mass is 16.6. The number of hydrogen-bond acceptors (Lipinski definition) is 6. The fourth-order valence-electron chi connectivity index (χ4n) is 10.3. The molecule has 0 aromatic heterocycles. The molecule has 0 heterocycles. The van der Waals surface area contributed by atoms with E-state index in [-0.39, 0.29) is 37.5 Å². The number of ether oxygens (including phenoxy) is 3. The molecule has 0 N–H and O–H groups in total. The summed E-state index contributed by atoms with van der Waals surface area (Å²) in [5.41, 5.74) is 0. The summed E-state index contributed by atoms with van der Waals surface area (Å²) >= 11 is 0. The lowest BCUT2D eigenvalue weighted by molar-refractivity contribution is -0.166. The molecule has 0 saturated carbocycles. The molecule has 82 heavy (non-hydrogen) atoms. The molecule has 1 atom stereocenters. The Labute approximate surface area is 509 Å². The Morgan fingerprint density at radius 2 is 0.500 bits per heavy atom. The largest absolute Gasteiger partial charge is 0.462 e. The first-order valence-electron chi connectivity index (χ1n) is 35.6.